The summed E-state index contributed by atoms with van der Waals surface area (Å²) in [4.78, 5) is 18.7. The Balaban J connectivity index is 2.03. The van der Waals surface area contributed by atoms with Crippen LogP contribution in [-0.2, 0) is 11.3 Å². The summed E-state index contributed by atoms with van der Waals surface area (Å²) in [6, 6.07) is 8.01. The van der Waals surface area contributed by atoms with Crippen LogP contribution in [0.3, 0.4) is 0 Å². The van der Waals surface area contributed by atoms with Crippen LogP contribution in [0.15, 0.2) is 24.3 Å². The molecule has 4 nitrogen and oxygen atoms in total. The number of hydrogen-bond acceptors (Lipinski definition) is 3. The molecule has 3 rings (SSSR count). The minimum Gasteiger partial charge on any atom is -0.465 e. The number of pyridine rings is 1. The highest BCUT2D eigenvalue weighted by Gasteiger charge is 2.28. The van der Waals surface area contributed by atoms with Crippen LogP contribution in [0.1, 0.15) is 41.9 Å². The van der Waals surface area contributed by atoms with Gasteiger partial charge in [0.1, 0.15) is 12.2 Å². The Labute approximate surface area is 143 Å². The van der Waals surface area contributed by atoms with Crippen LogP contribution in [-0.4, -0.2) is 31.2 Å². The molecule has 24 heavy (non-hydrogen) atoms. The predicted octanol–water partition coefficient (Wildman–Crippen LogP) is 2.39. The van der Waals surface area contributed by atoms with Gasteiger partial charge in [-0.3, -0.25) is 0 Å². The highest BCUT2D eigenvalue weighted by Crippen LogP contribution is 2.23. The first-order valence-electron chi connectivity index (χ1n) is 8.79. The minimum atomic E-state index is -0.279. The molecule has 1 aliphatic rings. The third kappa shape index (κ3) is 3.29. The zero-order valence-electron chi connectivity index (χ0n) is 15.1. The van der Waals surface area contributed by atoms with Crippen LogP contribution >= 0.6 is 0 Å². The summed E-state index contributed by atoms with van der Waals surface area (Å²) in [6.45, 7) is 9.68. The smallest absolute Gasteiger partial charge is 0.340 e. The van der Waals surface area contributed by atoms with Gasteiger partial charge in [-0.15, -0.1) is 0 Å². The van der Waals surface area contributed by atoms with E-state index in [1.807, 2.05) is 31.2 Å². The van der Waals surface area contributed by atoms with Crippen molar-refractivity contribution in [2.24, 2.45) is 11.8 Å². The Morgan fingerprint density at radius 2 is 1.92 bits per heavy atom. The lowest BCUT2D eigenvalue weighted by Gasteiger charge is -2.32. The number of aryl methyl sites for hydroxylation is 1. The van der Waals surface area contributed by atoms with E-state index in [0.29, 0.717) is 17.4 Å². The first kappa shape index (κ1) is 16.9. The van der Waals surface area contributed by atoms with Gasteiger partial charge in [-0.2, -0.15) is 0 Å². The SMILES string of the molecule is COC(=O)c1c(C[NH+]2C[C@H](C)C[C@@H](C)C2)nc2ccccc2c1C. The van der Waals surface area contributed by atoms with Gasteiger partial charge >= 0.3 is 5.97 Å². The Morgan fingerprint density at radius 3 is 2.58 bits per heavy atom. The van der Waals surface area contributed by atoms with Gasteiger partial charge in [-0.25, -0.2) is 9.78 Å². The number of quaternary nitrogens is 1. The molecule has 1 aliphatic heterocycles. The van der Waals surface area contributed by atoms with Crippen LogP contribution < -0.4 is 4.90 Å². The van der Waals surface area contributed by atoms with Gasteiger partial charge in [-0.1, -0.05) is 32.0 Å². The summed E-state index contributed by atoms with van der Waals surface area (Å²) in [5.41, 5.74) is 3.44. The fourth-order valence-electron chi connectivity index (χ4n) is 4.25. The lowest BCUT2D eigenvalue weighted by molar-refractivity contribution is -0.926. The molecule has 0 saturated carbocycles. The molecule has 4 heteroatoms. The normalized spacial score (nSPS) is 24.1. The Hall–Kier alpha value is -1.94. The van der Waals surface area contributed by atoms with E-state index in [2.05, 4.69) is 13.8 Å². The molecule has 1 aromatic heterocycles. The average molecular weight is 327 g/mol. The number of esters is 1. The number of carbonyl (C=O) groups excluding carboxylic acids is 1. The van der Waals surface area contributed by atoms with Crippen molar-refractivity contribution in [1.82, 2.24) is 4.98 Å². The lowest BCUT2D eigenvalue weighted by atomic mass is 9.91. The standard InChI is InChI=1S/C20H26N2O2/c1-13-9-14(2)11-22(10-13)12-18-19(20(23)24-4)15(3)16-7-5-6-8-17(16)21-18/h5-8,13-14H,9-12H2,1-4H3/p+1/t13-,14-/m1/s1. The summed E-state index contributed by atoms with van der Waals surface area (Å²) in [5.74, 6) is 1.15. The molecule has 1 N–H and O–H groups in total. The topological polar surface area (TPSA) is 43.6 Å². The maximum atomic E-state index is 12.4. The number of carbonyl (C=O) groups is 1. The first-order chi connectivity index (χ1) is 11.5. The number of rotatable bonds is 3. The molecule has 0 spiro atoms. The van der Waals surface area contributed by atoms with Crippen molar-refractivity contribution >= 4 is 16.9 Å². The average Bonchev–Trinajstić information content (AvgIpc) is 2.53. The van der Waals surface area contributed by atoms with Gasteiger partial charge in [0.15, 0.2) is 0 Å². The molecule has 2 heterocycles. The van der Waals surface area contributed by atoms with E-state index < -0.39 is 0 Å². The van der Waals surface area contributed by atoms with Crippen LogP contribution in [0.2, 0.25) is 0 Å². The van der Waals surface area contributed by atoms with Crippen molar-refractivity contribution in [2.45, 2.75) is 33.7 Å². The molecule has 1 aromatic carbocycles. The number of fused-ring (bicyclic) bond motifs is 1. The largest absolute Gasteiger partial charge is 0.465 e. The Kier molecular flexibility index (Phi) is 4.86. The quantitative estimate of drug-likeness (QED) is 0.881. The van der Waals surface area contributed by atoms with E-state index >= 15 is 0 Å². The molecule has 1 fully saturated rings. The summed E-state index contributed by atoms with van der Waals surface area (Å²) in [5, 5.41) is 1.03. The zero-order valence-corrected chi connectivity index (χ0v) is 15.1. The second kappa shape index (κ2) is 6.89. The molecule has 0 amide bonds. The fourth-order valence-corrected chi connectivity index (χ4v) is 4.25. The lowest BCUT2D eigenvalue weighted by Crippen LogP contribution is -3.13. The number of hydrogen-bond donors (Lipinski definition) is 1. The van der Waals surface area contributed by atoms with Gasteiger partial charge in [0.05, 0.1) is 31.3 Å². The molecule has 1 saturated heterocycles. The number of nitrogens with one attached hydrogen (secondary N) is 1. The molecule has 128 valence electrons. The van der Waals surface area contributed by atoms with Gasteiger partial charge in [0.25, 0.3) is 0 Å². The van der Waals surface area contributed by atoms with E-state index in [1.165, 1.54) is 18.4 Å². The summed E-state index contributed by atoms with van der Waals surface area (Å²) >= 11 is 0. The fraction of sp³-hybridized carbons (Fsp3) is 0.500. The van der Waals surface area contributed by atoms with E-state index in [0.717, 1.165) is 41.8 Å². The third-order valence-electron chi connectivity index (χ3n) is 5.11. The highest BCUT2D eigenvalue weighted by atomic mass is 16.5. The number of benzene rings is 1. The summed E-state index contributed by atoms with van der Waals surface area (Å²) in [7, 11) is 1.44. The van der Waals surface area contributed by atoms with Crippen LogP contribution in [0.25, 0.3) is 10.9 Å². The molecule has 0 unspecified atom stereocenters. The number of likely N-dealkylation sites (tertiary alicyclic amines) is 1. The van der Waals surface area contributed by atoms with Crippen molar-refractivity contribution in [3.05, 3.63) is 41.1 Å². The van der Waals surface area contributed by atoms with Crippen molar-refractivity contribution in [3.63, 3.8) is 0 Å². The molecule has 2 atom stereocenters. The molecular formula is C20H27N2O2+. The van der Waals surface area contributed by atoms with E-state index in [4.69, 9.17) is 9.72 Å². The van der Waals surface area contributed by atoms with Gasteiger partial charge in [-0.05, 0) is 25.0 Å². The molecular weight excluding hydrogens is 300 g/mol. The van der Waals surface area contributed by atoms with E-state index in [-0.39, 0.29) is 5.97 Å². The number of aromatic nitrogens is 1. The molecule has 0 radical (unpaired) electrons. The second-order valence-electron chi connectivity index (χ2n) is 7.35. The monoisotopic (exact) mass is 327 g/mol. The molecule has 0 aliphatic carbocycles. The van der Waals surface area contributed by atoms with Gasteiger partial charge in [0, 0.05) is 17.2 Å². The first-order valence-corrected chi connectivity index (χ1v) is 8.79. The van der Waals surface area contributed by atoms with Crippen molar-refractivity contribution in [1.29, 1.82) is 0 Å². The van der Waals surface area contributed by atoms with Crippen molar-refractivity contribution in [2.75, 3.05) is 20.2 Å². The zero-order chi connectivity index (χ0) is 17.3. The Morgan fingerprint density at radius 1 is 1.25 bits per heavy atom. The number of piperidine rings is 1. The van der Waals surface area contributed by atoms with Crippen molar-refractivity contribution < 1.29 is 14.4 Å². The van der Waals surface area contributed by atoms with Crippen LogP contribution in [0.5, 0.6) is 0 Å². The van der Waals surface area contributed by atoms with Crippen molar-refractivity contribution in [3.8, 4) is 0 Å². The summed E-state index contributed by atoms with van der Waals surface area (Å²) < 4.78 is 5.05. The minimum absolute atomic E-state index is 0.279. The van der Waals surface area contributed by atoms with Gasteiger partial charge in [0.2, 0.25) is 0 Å². The number of methoxy groups -OCH3 is 1. The summed E-state index contributed by atoms with van der Waals surface area (Å²) in [6.07, 6.45) is 1.29. The van der Waals surface area contributed by atoms with E-state index in [1.54, 1.807) is 0 Å². The van der Waals surface area contributed by atoms with Gasteiger partial charge < -0.3 is 9.64 Å². The predicted molar refractivity (Wildman–Crippen MR) is 95.2 cm³/mol. The van der Waals surface area contributed by atoms with Crippen LogP contribution in [0, 0.1) is 18.8 Å². The Bertz CT molecular complexity index is 747. The molecule has 0 bridgehead atoms. The van der Waals surface area contributed by atoms with E-state index in [9.17, 15) is 4.79 Å². The number of ether oxygens (including phenoxy) is 1. The number of nitrogens with zero attached hydrogens (tertiary/aromatic N) is 1. The third-order valence-corrected chi connectivity index (χ3v) is 5.11. The highest BCUT2D eigenvalue weighted by molar-refractivity contribution is 5.98. The maximum absolute atomic E-state index is 12.4. The maximum Gasteiger partial charge on any atom is 0.340 e. The molecule has 2 aromatic rings. The second-order valence-corrected chi connectivity index (χ2v) is 7.35. The number of para-hydroxylation sites is 1. The van der Waals surface area contributed by atoms with Crippen LogP contribution in [0.4, 0.5) is 0 Å².